The minimum atomic E-state index is -0.435. The topological polar surface area (TPSA) is 107 Å². The number of rotatable bonds is 3. The van der Waals surface area contributed by atoms with Crippen molar-refractivity contribution in [2.24, 2.45) is 0 Å². The molecule has 1 fully saturated rings. The number of H-pyrrole nitrogens is 1. The molecule has 2 aromatic carbocycles. The summed E-state index contributed by atoms with van der Waals surface area (Å²) in [4.78, 5) is 39.5. The first-order chi connectivity index (χ1) is 14.6. The molecular formula is C22H21N5O3. The van der Waals surface area contributed by atoms with Crippen molar-refractivity contribution in [2.45, 2.75) is 38.1 Å². The number of hydrogen-bond donors (Lipinski definition) is 3. The molecule has 2 heterocycles. The Morgan fingerprint density at radius 3 is 2.43 bits per heavy atom. The van der Waals surface area contributed by atoms with Crippen molar-refractivity contribution < 1.29 is 14.4 Å². The molecule has 5 rings (SSSR count). The maximum absolute atomic E-state index is 12.9. The van der Waals surface area contributed by atoms with Crippen LogP contribution in [0.15, 0.2) is 42.6 Å². The Bertz CT molecular complexity index is 1160. The number of benzene rings is 2. The number of hydrogen-bond acceptors (Lipinski definition) is 4. The summed E-state index contributed by atoms with van der Waals surface area (Å²) in [5, 5.41) is 13.3. The first kappa shape index (κ1) is 18.4. The van der Waals surface area contributed by atoms with Crippen molar-refractivity contribution in [3.63, 3.8) is 0 Å². The van der Waals surface area contributed by atoms with Crippen LogP contribution in [0.3, 0.4) is 0 Å². The highest BCUT2D eigenvalue weighted by atomic mass is 16.2. The molecule has 0 atom stereocenters. The first-order valence-corrected chi connectivity index (χ1v) is 10.1. The van der Waals surface area contributed by atoms with Crippen molar-refractivity contribution in [1.82, 2.24) is 15.1 Å². The second-order valence-electron chi connectivity index (χ2n) is 7.78. The summed E-state index contributed by atoms with van der Waals surface area (Å²) in [6, 6.07) is 9.80. The molecule has 1 aromatic heterocycles. The van der Waals surface area contributed by atoms with Crippen molar-refractivity contribution in [3.05, 3.63) is 53.7 Å². The van der Waals surface area contributed by atoms with E-state index >= 15 is 0 Å². The number of anilines is 2. The summed E-state index contributed by atoms with van der Waals surface area (Å²) in [7, 11) is 0. The lowest BCUT2D eigenvalue weighted by molar-refractivity contribution is 0.0549. The average Bonchev–Trinajstić information content (AvgIpc) is 3.31. The molecule has 1 aliphatic carbocycles. The number of urea groups is 1. The molecule has 3 N–H and O–H groups in total. The molecule has 8 heteroatoms. The zero-order valence-corrected chi connectivity index (χ0v) is 16.3. The van der Waals surface area contributed by atoms with Crippen molar-refractivity contribution >= 4 is 40.1 Å². The standard InChI is InChI=1S/C22H21N5O3/c28-20-17-9-8-14(10-18(17)21(29)27(20)16-4-2-1-3-5-16)24-22(30)25-15-7-6-13-12-23-26-19(13)11-15/h6-12,16H,1-5H2,(H,23,26)(H2,24,25,30). The molecule has 0 radical (unpaired) electrons. The fraction of sp³-hybridized carbons (Fsp3) is 0.273. The van der Waals surface area contributed by atoms with Crippen LogP contribution in [0.25, 0.3) is 10.9 Å². The lowest BCUT2D eigenvalue weighted by atomic mass is 9.94. The fourth-order valence-electron chi connectivity index (χ4n) is 4.32. The van der Waals surface area contributed by atoms with E-state index in [1.807, 2.05) is 6.07 Å². The lowest BCUT2D eigenvalue weighted by Crippen LogP contribution is -2.40. The predicted molar refractivity (Wildman–Crippen MR) is 113 cm³/mol. The maximum Gasteiger partial charge on any atom is 0.323 e. The van der Waals surface area contributed by atoms with Gasteiger partial charge >= 0.3 is 6.03 Å². The van der Waals surface area contributed by atoms with Crippen LogP contribution in [-0.2, 0) is 0 Å². The van der Waals surface area contributed by atoms with Crippen LogP contribution < -0.4 is 10.6 Å². The Kier molecular flexibility index (Phi) is 4.46. The molecule has 4 amide bonds. The molecule has 8 nitrogen and oxygen atoms in total. The zero-order valence-electron chi connectivity index (χ0n) is 16.3. The van der Waals surface area contributed by atoms with E-state index in [4.69, 9.17) is 0 Å². The van der Waals surface area contributed by atoms with Gasteiger partial charge < -0.3 is 10.6 Å². The van der Waals surface area contributed by atoms with Crippen molar-refractivity contribution in [1.29, 1.82) is 0 Å². The van der Waals surface area contributed by atoms with Crippen LogP contribution in [0, 0.1) is 0 Å². The number of nitrogens with one attached hydrogen (secondary N) is 3. The van der Waals surface area contributed by atoms with Gasteiger partial charge in [0.1, 0.15) is 0 Å². The summed E-state index contributed by atoms with van der Waals surface area (Å²) >= 11 is 0. The van der Waals surface area contributed by atoms with Crippen LogP contribution in [-0.4, -0.2) is 39.0 Å². The number of nitrogens with zero attached hydrogens (tertiary/aromatic N) is 2. The Morgan fingerprint density at radius 2 is 1.63 bits per heavy atom. The Balaban J connectivity index is 1.31. The number of aromatic amines is 1. The highest BCUT2D eigenvalue weighted by molar-refractivity contribution is 6.22. The maximum atomic E-state index is 12.9. The van der Waals surface area contributed by atoms with E-state index in [0.29, 0.717) is 22.5 Å². The number of fused-ring (bicyclic) bond motifs is 2. The smallest absolute Gasteiger partial charge is 0.308 e. The van der Waals surface area contributed by atoms with Gasteiger partial charge in [0.05, 0.1) is 22.8 Å². The molecule has 3 aromatic rings. The van der Waals surface area contributed by atoms with Gasteiger partial charge in [-0.25, -0.2) is 4.79 Å². The second-order valence-corrected chi connectivity index (χ2v) is 7.78. The van der Waals surface area contributed by atoms with E-state index in [9.17, 15) is 14.4 Å². The molecule has 1 saturated carbocycles. The molecule has 0 unspecified atom stereocenters. The van der Waals surface area contributed by atoms with Gasteiger partial charge in [0.15, 0.2) is 0 Å². The van der Waals surface area contributed by atoms with Crippen LogP contribution in [0.1, 0.15) is 52.8 Å². The Hall–Kier alpha value is -3.68. The highest BCUT2D eigenvalue weighted by Crippen LogP contribution is 2.32. The molecular weight excluding hydrogens is 382 g/mol. The molecule has 152 valence electrons. The number of imide groups is 1. The van der Waals surface area contributed by atoms with Gasteiger partial charge in [0.2, 0.25) is 0 Å². The number of carbonyl (C=O) groups excluding carboxylic acids is 3. The Morgan fingerprint density at radius 1 is 0.933 bits per heavy atom. The Labute approximate surface area is 172 Å². The van der Waals surface area contributed by atoms with Crippen LogP contribution in [0.2, 0.25) is 0 Å². The number of amides is 4. The van der Waals surface area contributed by atoms with Crippen LogP contribution in [0.5, 0.6) is 0 Å². The summed E-state index contributed by atoms with van der Waals surface area (Å²) < 4.78 is 0. The number of aromatic nitrogens is 2. The van der Waals surface area contributed by atoms with Crippen molar-refractivity contribution in [3.8, 4) is 0 Å². The van der Waals surface area contributed by atoms with Gasteiger partial charge in [-0.15, -0.1) is 0 Å². The average molecular weight is 403 g/mol. The zero-order chi connectivity index (χ0) is 20.7. The molecule has 0 bridgehead atoms. The third-order valence-electron chi connectivity index (χ3n) is 5.82. The monoisotopic (exact) mass is 403 g/mol. The summed E-state index contributed by atoms with van der Waals surface area (Å²) in [5.74, 6) is -0.499. The van der Waals surface area contributed by atoms with E-state index in [1.165, 1.54) is 4.90 Å². The minimum Gasteiger partial charge on any atom is -0.308 e. The fourth-order valence-corrected chi connectivity index (χ4v) is 4.32. The van der Waals surface area contributed by atoms with Gasteiger partial charge in [0, 0.05) is 22.8 Å². The lowest BCUT2D eigenvalue weighted by Gasteiger charge is -2.29. The van der Waals surface area contributed by atoms with Gasteiger partial charge in [-0.05, 0) is 49.2 Å². The molecule has 0 spiro atoms. The second kappa shape index (κ2) is 7.29. The first-order valence-electron chi connectivity index (χ1n) is 10.1. The summed E-state index contributed by atoms with van der Waals surface area (Å²) in [6.45, 7) is 0. The number of carbonyl (C=O) groups is 3. The normalized spacial score (nSPS) is 16.7. The molecule has 2 aliphatic rings. The molecule has 30 heavy (non-hydrogen) atoms. The van der Waals surface area contributed by atoms with Gasteiger partial charge in [-0.2, -0.15) is 5.10 Å². The van der Waals surface area contributed by atoms with E-state index in [1.54, 1.807) is 36.5 Å². The van der Waals surface area contributed by atoms with Gasteiger partial charge in [-0.1, -0.05) is 19.3 Å². The van der Waals surface area contributed by atoms with Gasteiger partial charge in [-0.3, -0.25) is 19.6 Å². The van der Waals surface area contributed by atoms with Crippen LogP contribution >= 0.6 is 0 Å². The molecule has 1 aliphatic heterocycles. The van der Waals surface area contributed by atoms with E-state index in [2.05, 4.69) is 20.8 Å². The summed E-state index contributed by atoms with van der Waals surface area (Å²) in [6.07, 6.45) is 6.65. The quantitative estimate of drug-likeness (QED) is 0.571. The van der Waals surface area contributed by atoms with Crippen molar-refractivity contribution in [2.75, 3.05) is 10.6 Å². The predicted octanol–water partition coefficient (Wildman–Crippen LogP) is 4.14. The molecule has 0 saturated heterocycles. The highest BCUT2D eigenvalue weighted by Gasteiger charge is 2.40. The van der Waals surface area contributed by atoms with E-state index in [-0.39, 0.29) is 17.9 Å². The van der Waals surface area contributed by atoms with Crippen LogP contribution in [0.4, 0.5) is 16.2 Å². The van der Waals surface area contributed by atoms with Gasteiger partial charge in [0.25, 0.3) is 11.8 Å². The summed E-state index contributed by atoms with van der Waals surface area (Å²) in [5.41, 5.74) is 2.64. The third-order valence-corrected chi connectivity index (χ3v) is 5.82. The van der Waals surface area contributed by atoms with E-state index < -0.39 is 6.03 Å². The third kappa shape index (κ3) is 3.20. The van der Waals surface area contributed by atoms with E-state index in [0.717, 1.165) is 43.0 Å². The minimum absolute atomic E-state index is 0.0248. The largest absolute Gasteiger partial charge is 0.323 e. The SMILES string of the molecule is O=C(Nc1ccc2c(c1)C(=O)N(C1CCCCC1)C2=O)Nc1ccc2cn[nH]c2c1.